The highest BCUT2D eigenvalue weighted by atomic mass is 32.1. The Morgan fingerprint density at radius 1 is 0.375 bits per heavy atom. The first-order valence-electron chi connectivity index (χ1n) is 16.9. The van der Waals surface area contributed by atoms with Crippen molar-refractivity contribution >= 4 is 74.6 Å². The molecule has 0 saturated heterocycles. The van der Waals surface area contributed by atoms with Crippen LogP contribution in [-0.2, 0) is 5.41 Å². The van der Waals surface area contributed by atoms with Crippen molar-refractivity contribution in [3.05, 3.63) is 157 Å². The van der Waals surface area contributed by atoms with E-state index in [2.05, 4.69) is 159 Å². The fraction of sp³-hybridized carbons (Fsp3) is 0.0638. The maximum Gasteiger partial charge on any atom is 0.0361 e. The van der Waals surface area contributed by atoms with Crippen LogP contribution in [0.25, 0.3) is 96.6 Å². The summed E-state index contributed by atoms with van der Waals surface area (Å²) in [5.41, 5.74) is 10.8. The molecule has 0 saturated carbocycles. The summed E-state index contributed by atoms with van der Waals surface area (Å²) in [6.07, 6.45) is 0. The molecule has 1 heteroatoms. The van der Waals surface area contributed by atoms with Crippen molar-refractivity contribution < 1.29 is 0 Å². The van der Waals surface area contributed by atoms with Crippen LogP contribution in [-0.4, -0.2) is 0 Å². The molecule has 0 nitrogen and oxygen atoms in total. The molecule has 0 atom stereocenters. The van der Waals surface area contributed by atoms with Crippen LogP contribution >= 0.6 is 11.3 Å². The molecule has 0 N–H and O–H groups in total. The lowest BCUT2D eigenvalue weighted by molar-refractivity contribution is 0.661. The normalized spacial score (nSPS) is 13.8. The fourth-order valence-corrected chi connectivity index (χ4v) is 10.3. The summed E-state index contributed by atoms with van der Waals surface area (Å²) in [7, 11) is 0. The molecule has 0 radical (unpaired) electrons. The van der Waals surface area contributed by atoms with Gasteiger partial charge in [-0.15, -0.1) is 11.3 Å². The third-order valence-corrected chi connectivity index (χ3v) is 12.3. The quantitative estimate of drug-likeness (QED) is 0.132. The first-order valence-corrected chi connectivity index (χ1v) is 17.7. The standard InChI is InChI=1S/C47H30S/c1-47(2)38-22-10-9-20-35(38)45-29-15-4-3-14-28(29)37(26-39(45)47)44-32-18-7-5-16-30(32)43(31-17-6-8-19-33(31)44)36-25-27-13-11-23-40-42(27)46-34(36)21-12-24-41(46)48-40/h3-26H,1-2H3. The molecule has 1 aliphatic carbocycles. The molecule has 0 aliphatic heterocycles. The van der Waals surface area contributed by atoms with Gasteiger partial charge in [-0.25, -0.2) is 0 Å². The monoisotopic (exact) mass is 626 g/mol. The molecule has 9 aromatic carbocycles. The van der Waals surface area contributed by atoms with Crippen LogP contribution < -0.4 is 0 Å². The summed E-state index contributed by atoms with van der Waals surface area (Å²) in [5, 5.41) is 13.3. The predicted octanol–water partition coefficient (Wildman–Crippen LogP) is 13.7. The van der Waals surface area contributed by atoms with Gasteiger partial charge in [0.2, 0.25) is 0 Å². The smallest absolute Gasteiger partial charge is 0.0361 e. The third kappa shape index (κ3) is 3.29. The van der Waals surface area contributed by atoms with Crippen molar-refractivity contribution in [1.82, 2.24) is 0 Å². The number of hydrogen-bond donors (Lipinski definition) is 0. The van der Waals surface area contributed by atoms with Crippen molar-refractivity contribution in [3.8, 4) is 33.4 Å². The Morgan fingerprint density at radius 3 is 1.54 bits per heavy atom. The molecule has 0 amide bonds. The average Bonchev–Trinajstić information content (AvgIpc) is 3.62. The van der Waals surface area contributed by atoms with Gasteiger partial charge in [0.15, 0.2) is 0 Å². The minimum atomic E-state index is -0.0961. The van der Waals surface area contributed by atoms with Crippen LogP contribution in [0.3, 0.4) is 0 Å². The SMILES string of the molecule is CC1(C)c2ccccc2-c2c1cc(-c1c3ccccc3c(-c3cc4cccc5sc6cccc3c6c45)c3ccccc13)c1ccccc21. The largest absolute Gasteiger partial charge is 0.135 e. The molecule has 224 valence electrons. The number of benzene rings is 9. The summed E-state index contributed by atoms with van der Waals surface area (Å²) in [6, 6.07) is 55.0. The second kappa shape index (κ2) is 9.31. The summed E-state index contributed by atoms with van der Waals surface area (Å²) in [4.78, 5) is 0. The maximum absolute atomic E-state index is 2.53. The molecule has 0 spiro atoms. The lowest BCUT2D eigenvalue weighted by atomic mass is 9.78. The Labute approximate surface area is 282 Å². The van der Waals surface area contributed by atoms with E-state index in [1.54, 1.807) is 0 Å². The van der Waals surface area contributed by atoms with E-state index in [4.69, 9.17) is 0 Å². The van der Waals surface area contributed by atoms with Crippen LogP contribution in [0.5, 0.6) is 0 Å². The molecule has 1 heterocycles. The van der Waals surface area contributed by atoms with E-state index >= 15 is 0 Å². The molecule has 0 bridgehead atoms. The topological polar surface area (TPSA) is 0 Å². The van der Waals surface area contributed by atoms with Crippen LogP contribution in [0.2, 0.25) is 0 Å². The minimum Gasteiger partial charge on any atom is -0.135 e. The van der Waals surface area contributed by atoms with Crippen molar-refractivity contribution in [3.63, 3.8) is 0 Å². The van der Waals surface area contributed by atoms with Gasteiger partial charge in [-0.3, -0.25) is 0 Å². The van der Waals surface area contributed by atoms with Gasteiger partial charge in [0.05, 0.1) is 0 Å². The zero-order chi connectivity index (χ0) is 31.7. The average molecular weight is 627 g/mol. The summed E-state index contributed by atoms with van der Waals surface area (Å²) >= 11 is 1.91. The number of fused-ring (bicyclic) bond motifs is 7. The molecule has 0 unspecified atom stereocenters. The Morgan fingerprint density at radius 2 is 0.875 bits per heavy atom. The van der Waals surface area contributed by atoms with Crippen LogP contribution in [0, 0.1) is 0 Å². The fourth-order valence-electron chi connectivity index (χ4n) is 9.14. The molecular weight excluding hydrogens is 597 g/mol. The van der Waals surface area contributed by atoms with Crippen molar-refractivity contribution in [2.75, 3.05) is 0 Å². The van der Waals surface area contributed by atoms with Gasteiger partial charge in [-0.1, -0.05) is 135 Å². The van der Waals surface area contributed by atoms with Gasteiger partial charge in [0, 0.05) is 25.6 Å². The van der Waals surface area contributed by atoms with Gasteiger partial charge in [-0.2, -0.15) is 0 Å². The Bertz CT molecular complexity index is 2910. The third-order valence-electron chi connectivity index (χ3n) is 11.2. The van der Waals surface area contributed by atoms with E-state index in [0.29, 0.717) is 0 Å². The highest BCUT2D eigenvalue weighted by Crippen LogP contribution is 2.55. The van der Waals surface area contributed by atoms with E-state index in [1.807, 2.05) is 11.3 Å². The molecule has 1 aliphatic rings. The van der Waals surface area contributed by atoms with Crippen LogP contribution in [0.4, 0.5) is 0 Å². The first kappa shape index (κ1) is 26.6. The number of thiophene rings is 1. The maximum atomic E-state index is 2.53. The van der Waals surface area contributed by atoms with Gasteiger partial charge in [0.25, 0.3) is 0 Å². The van der Waals surface area contributed by atoms with Gasteiger partial charge >= 0.3 is 0 Å². The summed E-state index contributed by atoms with van der Waals surface area (Å²) < 4.78 is 2.72. The van der Waals surface area contributed by atoms with Crippen molar-refractivity contribution in [1.29, 1.82) is 0 Å². The molecule has 10 aromatic rings. The van der Waals surface area contributed by atoms with E-state index in [1.165, 1.54) is 108 Å². The number of hydrogen-bond acceptors (Lipinski definition) is 1. The first-order chi connectivity index (χ1) is 23.6. The van der Waals surface area contributed by atoms with Crippen molar-refractivity contribution in [2.24, 2.45) is 0 Å². The predicted molar refractivity (Wildman–Crippen MR) is 209 cm³/mol. The molecule has 0 fully saturated rings. The van der Waals surface area contributed by atoms with E-state index < -0.39 is 0 Å². The van der Waals surface area contributed by atoms with E-state index in [0.717, 1.165) is 0 Å². The molecule has 48 heavy (non-hydrogen) atoms. The van der Waals surface area contributed by atoms with Gasteiger partial charge < -0.3 is 0 Å². The minimum absolute atomic E-state index is 0.0961. The highest BCUT2D eigenvalue weighted by Gasteiger charge is 2.37. The van der Waals surface area contributed by atoms with Gasteiger partial charge in [0.1, 0.15) is 0 Å². The van der Waals surface area contributed by atoms with Crippen LogP contribution in [0.15, 0.2) is 146 Å². The summed E-state index contributed by atoms with van der Waals surface area (Å²) in [5.74, 6) is 0. The van der Waals surface area contributed by atoms with Crippen molar-refractivity contribution in [2.45, 2.75) is 19.3 Å². The zero-order valence-electron chi connectivity index (χ0n) is 26.8. The van der Waals surface area contributed by atoms with Crippen LogP contribution in [0.1, 0.15) is 25.0 Å². The summed E-state index contributed by atoms with van der Waals surface area (Å²) in [6.45, 7) is 4.79. The lowest BCUT2D eigenvalue weighted by Crippen LogP contribution is -2.15. The second-order valence-corrected chi connectivity index (χ2v) is 15.0. The van der Waals surface area contributed by atoms with E-state index in [9.17, 15) is 0 Å². The molecule has 11 rings (SSSR count). The Kier molecular flexibility index (Phi) is 5.15. The lowest BCUT2D eigenvalue weighted by Gasteiger charge is -2.24. The Balaban J connectivity index is 1.31. The van der Waals surface area contributed by atoms with Gasteiger partial charge in [-0.05, 0) is 112 Å². The molecular formula is C47H30S. The highest BCUT2D eigenvalue weighted by molar-refractivity contribution is 7.26. The number of rotatable bonds is 2. The Hall–Kier alpha value is -5.50. The molecule has 1 aromatic heterocycles. The van der Waals surface area contributed by atoms with E-state index in [-0.39, 0.29) is 5.41 Å². The second-order valence-electron chi connectivity index (χ2n) is 14.0. The zero-order valence-corrected chi connectivity index (χ0v) is 27.6.